The summed E-state index contributed by atoms with van der Waals surface area (Å²) in [7, 11) is 0. The van der Waals surface area contributed by atoms with Crippen LogP contribution in [0.15, 0.2) is 30.3 Å². The van der Waals surface area contributed by atoms with Gasteiger partial charge in [0.2, 0.25) is 0 Å². The summed E-state index contributed by atoms with van der Waals surface area (Å²) in [4.78, 5) is 4.70. The van der Waals surface area contributed by atoms with E-state index >= 15 is 0 Å². The van der Waals surface area contributed by atoms with Gasteiger partial charge >= 0.3 is 0 Å². The van der Waals surface area contributed by atoms with E-state index in [2.05, 4.69) is 47.9 Å². The number of rotatable bonds is 4. The Kier molecular flexibility index (Phi) is 4.39. The molecule has 1 fully saturated rings. The number of nitrogens with zero attached hydrogens (tertiary/aromatic N) is 1. The van der Waals surface area contributed by atoms with E-state index in [1.54, 1.807) is 0 Å². The number of aryl methyl sites for hydroxylation is 1. The van der Waals surface area contributed by atoms with E-state index in [-0.39, 0.29) is 0 Å². The van der Waals surface area contributed by atoms with Gasteiger partial charge in [0.15, 0.2) is 0 Å². The quantitative estimate of drug-likeness (QED) is 0.894. The molecule has 2 atom stereocenters. The van der Waals surface area contributed by atoms with Gasteiger partial charge in [-0.25, -0.2) is 0 Å². The number of anilines is 1. The first-order chi connectivity index (χ1) is 10.2. The van der Waals surface area contributed by atoms with E-state index in [1.807, 2.05) is 6.92 Å². The highest BCUT2D eigenvalue weighted by Crippen LogP contribution is 2.23. The Morgan fingerprint density at radius 1 is 1.29 bits per heavy atom. The minimum Gasteiger partial charge on any atom is -0.381 e. The highest BCUT2D eigenvalue weighted by Gasteiger charge is 2.16. The molecule has 0 saturated carbocycles. The van der Waals surface area contributed by atoms with E-state index in [4.69, 9.17) is 4.98 Å². The number of hydrogen-bond donors (Lipinski definition) is 2. The smallest absolute Gasteiger partial charge is 0.0936 e. The zero-order valence-electron chi connectivity index (χ0n) is 13.0. The van der Waals surface area contributed by atoms with Gasteiger partial charge in [0, 0.05) is 23.2 Å². The van der Waals surface area contributed by atoms with Crippen molar-refractivity contribution in [1.82, 2.24) is 10.3 Å². The van der Waals surface area contributed by atoms with Gasteiger partial charge < -0.3 is 10.6 Å². The van der Waals surface area contributed by atoms with Crippen LogP contribution in [0.5, 0.6) is 0 Å². The topological polar surface area (TPSA) is 37.0 Å². The standard InChI is InChI=1S/C18H25N3/c1-13-9-10-15-6-5-8-17(18(15)21-13)20-14(2)12-16-7-3-4-11-19-16/h5-6,8-10,14,16,19-20H,3-4,7,11-12H2,1-2H3. The summed E-state index contributed by atoms with van der Waals surface area (Å²) in [6.45, 7) is 5.49. The Hall–Kier alpha value is -1.61. The van der Waals surface area contributed by atoms with Crippen LogP contribution in [-0.2, 0) is 0 Å². The molecule has 3 nitrogen and oxygen atoms in total. The number of para-hydroxylation sites is 1. The Labute approximate surface area is 127 Å². The van der Waals surface area contributed by atoms with Gasteiger partial charge in [-0.1, -0.05) is 24.6 Å². The second kappa shape index (κ2) is 6.44. The van der Waals surface area contributed by atoms with Gasteiger partial charge in [-0.05, 0) is 51.8 Å². The largest absolute Gasteiger partial charge is 0.381 e. The summed E-state index contributed by atoms with van der Waals surface area (Å²) >= 11 is 0. The van der Waals surface area contributed by atoms with Crippen LogP contribution in [0.25, 0.3) is 10.9 Å². The van der Waals surface area contributed by atoms with E-state index in [0.717, 1.165) is 16.9 Å². The molecule has 0 amide bonds. The summed E-state index contributed by atoms with van der Waals surface area (Å²) in [5.74, 6) is 0. The number of nitrogens with one attached hydrogen (secondary N) is 2. The number of pyridine rings is 1. The molecular weight excluding hydrogens is 258 g/mol. The fourth-order valence-electron chi connectivity index (χ4n) is 3.24. The monoisotopic (exact) mass is 283 g/mol. The molecule has 0 spiro atoms. The summed E-state index contributed by atoms with van der Waals surface area (Å²) in [5, 5.41) is 8.49. The van der Waals surface area contributed by atoms with Crippen LogP contribution >= 0.6 is 0 Å². The molecule has 2 unspecified atom stereocenters. The van der Waals surface area contributed by atoms with Crippen molar-refractivity contribution in [2.75, 3.05) is 11.9 Å². The molecule has 2 aromatic rings. The molecule has 21 heavy (non-hydrogen) atoms. The van der Waals surface area contributed by atoms with Gasteiger partial charge in [-0.2, -0.15) is 0 Å². The normalized spacial score (nSPS) is 20.4. The first kappa shape index (κ1) is 14.3. The Balaban J connectivity index is 1.73. The minimum absolute atomic E-state index is 0.452. The van der Waals surface area contributed by atoms with Crippen LogP contribution in [0.1, 0.15) is 38.3 Å². The number of hydrogen-bond acceptors (Lipinski definition) is 3. The van der Waals surface area contributed by atoms with Crippen molar-refractivity contribution in [1.29, 1.82) is 0 Å². The summed E-state index contributed by atoms with van der Waals surface area (Å²) in [6.07, 6.45) is 5.16. The van der Waals surface area contributed by atoms with Gasteiger partial charge in [0.1, 0.15) is 0 Å². The van der Waals surface area contributed by atoms with Crippen LogP contribution in [-0.4, -0.2) is 23.6 Å². The fraction of sp³-hybridized carbons (Fsp3) is 0.500. The lowest BCUT2D eigenvalue weighted by atomic mass is 9.98. The molecule has 0 aliphatic carbocycles. The van der Waals surface area contributed by atoms with Crippen LogP contribution in [0.2, 0.25) is 0 Å². The highest BCUT2D eigenvalue weighted by molar-refractivity contribution is 5.90. The van der Waals surface area contributed by atoms with Crippen molar-refractivity contribution in [2.45, 2.75) is 51.6 Å². The van der Waals surface area contributed by atoms with Crippen molar-refractivity contribution < 1.29 is 0 Å². The molecular formula is C18H25N3. The average Bonchev–Trinajstić information content (AvgIpc) is 2.49. The maximum absolute atomic E-state index is 4.70. The SMILES string of the molecule is Cc1ccc2cccc(NC(C)CC3CCCCN3)c2n1. The van der Waals surface area contributed by atoms with Gasteiger partial charge in [0.25, 0.3) is 0 Å². The molecule has 1 aliphatic heterocycles. The molecule has 1 saturated heterocycles. The molecule has 1 aliphatic rings. The zero-order valence-corrected chi connectivity index (χ0v) is 13.0. The summed E-state index contributed by atoms with van der Waals surface area (Å²) in [6, 6.07) is 11.7. The van der Waals surface area contributed by atoms with Crippen molar-refractivity contribution in [3.63, 3.8) is 0 Å². The average molecular weight is 283 g/mol. The van der Waals surface area contributed by atoms with Crippen LogP contribution in [0, 0.1) is 6.92 Å². The lowest BCUT2D eigenvalue weighted by Crippen LogP contribution is -2.37. The van der Waals surface area contributed by atoms with E-state index in [9.17, 15) is 0 Å². The van der Waals surface area contributed by atoms with E-state index < -0.39 is 0 Å². The van der Waals surface area contributed by atoms with Gasteiger partial charge in [0.05, 0.1) is 11.2 Å². The molecule has 112 valence electrons. The molecule has 0 bridgehead atoms. The first-order valence-corrected chi connectivity index (χ1v) is 8.08. The van der Waals surface area contributed by atoms with E-state index in [1.165, 1.54) is 37.6 Å². The molecule has 1 aromatic carbocycles. The maximum Gasteiger partial charge on any atom is 0.0936 e. The number of benzene rings is 1. The predicted octanol–water partition coefficient (Wildman–Crippen LogP) is 3.88. The summed E-state index contributed by atoms with van der Waals surface area (Å²) < 4.78 is 0. The lowest BCUT2D eigenvalue weighted by Gasteiger charge is -2.27. The molecule has 1 aromatic heterocycles. The Bertz CT molecular complexity index is 602. The molecule has 3 heteroatoms. The lowest BCUT2D eigenvalue weighted by molar-refractivity contribution is 0.371. The van der Waals surface area contributed by atoms with Gasteiger partial charge in [-0.3, -0.25) is 4.98 Å². The fourth-order valence-corrected chi connectivity index (χ4v) is 3.24. The number of fused-ring (bicyclic) bond motifs is 1. The maximum atomic E-state index is 4.70. The van der Waals surface area contributed by atoms with Crippen molar-refractivity contribution >= 4 is 16.6 Å². The molecule has 0 radical (unpaired) electrons. The van der Waals surface area contributed by atoms with Crippen LogP contribution in [0.3, 0.4) is 0 Å². The second-order valence-electron chi connectivity index (χ2n) is 6.26. The Morgan fingerprint density at radius 2 is 2.19 bits per heavy atom. The van der Waals surface area contributed by atoms with Crippen molar-refractivity contribution in [3.05, 3.63) is 36.0 Å². The third kappa shape index (κ3) is 3.53. The van der Waals surface area contributed by atoms with Crippen LogP contribution in [0.4, 0.5) is 5.69 Å². The van der Waals surface area contributed by atoms with Gasteiger partial charge in [-0.15, -0.1) is 0 Å². The Morgan fingerprint density at radius 3 is 3.00 bits per heavy atom. The third-order valence-corrected chi connectivity index (χ3v) is 4.31. The number of aromatic nitrogens is 1. The van der Waals surface area contributed by atoms with Crippen molar-refractivity contribution in [3.8, 4) is 0 Å². The highest BCUT2D eigenvalue weighted by atomic mass is 15.0. The zero-order chi connectivity index (χ0) is 14.7. The third-order valence-electron chi connectivity index (χ3n) is 4.31. The number of piperidine rings is 1. The first-order valence-electron chi connectivity index (χ1n) is 8.08. The molecule has 2 heterocycles. The summed E-state index contributed by atoms with van der Waals surface area (Å²) in [5.41, 5.74) is 3.30. The molecule has 2 N–H and O–H groups in total. The predicted molar refractivity (Wildman–Crippen MR) is 89.8 cm³/mol. The van der Waals surface area contributed by atoms with E-state index in [0.29, 0.717) is 12.1 Å². The molecule has 3 rings (SSSR count). The minimum atomic E-state index is 0.452. The van der Waals surface area contributed by atoms with Crippen LogP contribution < -0.4 is 10.6 Å². The second-order valence-corrected chi connectivity index (χ2v) is 6.26. The van der Waals surface area contributed by atoms with Crippen molar-refractivity contribution in [2.24, 2.45) is 0 Å².